The SMILES string of the molecule is CCc1ccc(C(CNC(=O)C(C)(C)c2ccccc2)N(C)C)cc1. The van der Waals surface area contributed by atoms with Crippen molar-refractivity contribution in [2.45, 2.75) is 38.6 Å². The Labute approximate surface area is 152 Å². The Morgan fingerprint density at radius 2 is 1.64 bits per heavy atom. The number of amides is 1. The van der Waals surface area contributed by atoms with Gasteiger partial charge in [0.1, 0.15) is 0 Å². The lowest BCUT2D eigenvalue weighted by Gasteiger charge is -2.29. The highest BCUT2D eigenvalue weighted by molar-refractivity contribution is 5.87. The second kappa shape index (κ2) is 8.30. The number of rotatable bonds is 7. The molecule has 0 heterocycles. The lowest BCUT2D eigenvalue weighted by molar-refractivity contribution is -0.125. The topological polar surface area (TPSA) is 32.3 Å². The predicted molar refractivity (Wildman–Crippen MR) is 105 cm³/mol. The Morgan fingerprint density at radius 1 is 1.04 bits per heavy atom. The van der Waals surface area contributed by atoms with Crippen LogP contribution in [-0.2, 0) is 16.6 Å². The molecule has 0 radical (unpaired) electrons. The summed E-state index contributed by atoms with van der Waals surface area (Å²) in [7, 11) is 4.10. The molecule has 2 aromatic carbocycles. The summed E-state index contributed by atoms with van der Waals surface area (Å²) in [4.78, 5) is 14.9. The molecular formula is C22H30N2O. The Hall–Kier alpha value is -2.13. The molecule has 1 amide bonds. The third-order valence-electron chi connectivity index (χ3n) is 4.92. The van der Waals surface area contributed by atoms with E-state index in [1.807, 2.05) is 58.3 Å². The molecule has 0 saturated carbocycles. The number of benzene rings is 2. The van der Waals surface area contributed by atoms with Gasteiger partial charge in [0.05, 0.1) is 11.5 Å². The van der Waals surface area contributed by atoms with Crippen LogP contribution < -0.4 is 5.32 Å². The van der Waals surface area contributed by atoms with Crippen LogP contribution in [0.5, 0.6) is 0 Å². The molecule has 25 heavy (non-hydrogen) atoms. The number of carbonyl (C=O) groups excluding carboxylic acids is 1. The molecule has 2 rings (SSSR count). The molecule has 0 aliphatic rings. The highest BCUT2D eigenvalue weighted by atomic mass is 16.2. The average Bonchev–Trinajstić information content (AvgIpc) is 2.62. The van der Waals surface area contributed by atoms with Gasteiger partial charge in [-0.25, -0.2) is 0 Å². The minimum atomic E-state index is -0.551. The van der Waals surface area contributed by atoms with Gasteiger partial charge in [-0.2, -0.15) is 0 Å². The molecule has 0 aliphatic carbocycles. The maximum Gasteiger partial charge on any atom is 0.230 e. The minimum Gasteiger partial charge on any atom is -0.353 e. The Kier molecular flexibility index (Phi) is 6.38. The number of aryl methyl sites for hydroxylation is 1. The van der Waals surface area contributed by atoms with E-state index in [4.69, 9.17) is 0 Å². The van der Waals surface area contributed by atoms with Crippen LogP contribution in [0.4, 0.5) is 0 Å². The van der Waals surface area contributed by atoms with Gasteiger partial charge in [-0.1, -0.05) is 61.5 Å². The van der Waals surface area contributed by atoms with Crippen molar-refractivity contribution in [1.82, 2.24) is 10.2 Å². The largest absolute Gasteiger partial charge is 0.353 e. The molecule has 1 unspecified atom stereocenters. The van der Waals surface area contributed by atoms with Crippen molar-refractivity contribution < 1.29 is 4.79 Å². The molecule has 1 N–H and O–H groups in total. The highest BCUT2D eigenvalue weighted by Crippen LogP contribution is 2.24. The number of carbonyl (C=O) groups is 1. The number of nitrogens with one attached hydrogen (secondary N) is 1. The van der Waals surface area contributed by atoms with Gasteiger partial charge in [-0.15, -0.1) is 0 Å². The van der Waals surface area contributed by atoms with E-state index in [0.717, 1.165) is 12.0 Å². The minimum absolute atomic E-state index is 0.0516. The normalized spacial score (nSPS) is 12.9. The van der Waals surface area contributed by atoms with E-state index in [9.17, 15) is 4.79 Å². The van der Waals surface area contributed by atoms with E-state index < -0.39 is 5.41 Å². The summed E-state index contributed by atoms with van der Waals surface area (Å²) in [5.74, 6) is 0.0516. The monoisotopic (exact) mass is 338 g/mol. The maximum atomic E-state index is 12.8. The van der Waals surface area contributed by atoms with E-state index in [-0.39, 0.29) is 11.9 Å². The molecule has 134 valence electrons. The zero-order valence-electron chi connectivity index (χ0n) is 16.0. The van der Waals surface area contributed by atoms with Crippen LogP contribution >= 0.6 is 0 Å². The van der Waals surface area contributed by atoms with Gasteiger partial charge in [0, 0.05) is 6.54 Å². The number of hydrogen-bond acceptors (Lipinski definition) is 2. The fourth-order valence-electron chi connectivity index (χ4n) is 2.97. The summed E-state index contributed by atoms with van der Waals surface area (Å²) in [6.07, 6.45) is 1.04. The van der Waals surface area contributed by atoms with Crippen molar-refractivity contribution in [3.63, 3.8) is 0 Å². The van der Waals surface area contributed by atoms with E-state index in [1.165, 1.54) is 11.1 Å². The van der Waals surface area contributed by atoms with Crippen LogP contribution in [0.1, 0.15) is 43.5 Å². The van der Waals surface area contributed by atoms with Crippen molar-refractivity contribution in [1.29, 1.82) is 0 Å². The van der Waals surface area contributed by atoms with Gasteiger partial charge >= 0.3 is 0 Å². The van der Waals surface area contributed by atoms with Gasteiger partial charge < -0.3 is 10.2 Å². The van der Waals surface area contributed by atoms with Gasteiger partial charge in [-0.3, -0.25) is 4.79 Å². The maximum absolute atomic E-state index is 12.8. The molecule has 2 aromatic rings. The van der Waals surface area contributed by atoms with Gasteiger partial charge in [0.2, 0.25) is 5.91 Å². The summed E-state index contributed by atoms with van der Waals surface area (Å²) in [5, 5.41) is 3.15. The van der Waals surface area contributed by atoms with E-state index in [0.29, 0.717) is 6.54 Å². The molecule has 1 atom stereocenters. The number of nitrogens with zero attached hydrogens (tertiary/aromatic N) is 1. The lowest BCUT2D eigenvalue weighted by Crippen LogP contribution is -2.43. The molecule has 0 fully saturated rings. The summed E-state index contributed by atoms with van der Waals surface area (Å²) < 4.78 is 0. The van der Waals surface area contributed by atoms with Crippen LogP contribution in [0, 0.1) is 0 Å². The van der Waals surface area contributed by atoms with Crippen LogP contribution in [0.2, 0.25) is 0 Å². The van der Waals surface area contributed by atoms with E-state index in [2.05, 4.69) is 41.4 Å². The highest BCUT2D eigenvalue weighted by Gasteiger charge is 2.30. The average molecular weight is 338 g/mol. The molecule has 3 nitrogen and oxygen atoms in total. The number of hydrogen-bond donors (Lipinski definition) is 1. The standard InChI is InChI=1S/C22H30N2O/c1-6-17-12-14-18(15-13-17)20(24(4)5)16-23-21(25)22(2,3)19-10-8-7-9-11-19/h7-15,20H,6,16H2,1-5H3,(H,23,25). The first-order valence-corrected chi connectivity index (χ1v) is 8.95. The molecule has 0 spiro atoms. The van der Waals surface area contributed by atoms with Crippen molar-refractivity contribution >= 4 is 5.91 Å². The third kappa shape index (κ3) is 4.70. The van der Waals surface area contributed by atoms with Crippen molar-refractivity contribution in [3.05, 3.63) is 71.3 Å². The Balaban J connectivity index is 2.09. The molecule has 0 aromatic heterocycles. The smallest absolute Gasteiger partial charge is 0.230 e. The van der Waals surface area contributed by atoms with Crippen LogP contribution in [-0.4, -0.2) is 31.4 Å². The summed E-state index contributed by atoms with van der Waals surface area (Å²) in [6, 6.07) is 18.8. The fraction of sp³-hybridized carbons (Fsp3) is 0.409. The van der Waals surface area contributed by atoms with Crippen LogP contribution in [0.3, 0.4) is 0 Å². The Bertz CT molecular complexity index is 675. The lowest BCUT2D eigenvalue weighted by atomic mass is 9.83. The van der Waals surface area contributed by atoms with E-state index >= 15 is 0 Å². The summed E-state index contributed by atoms with van der Waals surface area (Å²) in [6.45, 7) is 6.69. The summed E-state index contributed by atoms with van der Waals surface area (Å²) >= 11 is 0. The summed E-state index contributed by atoms with van der Waals surface area (Å²) in [5.41, 5.74) is 3.03. The molecule has 0 bridgehead atoms. The van der Waals surface area contributed by atoms with Gasteiger partial charge in [0.15, 0.2) is 0 Å². The van der Waals surface area contributed by atoms with Crippen LogP contribution in [0.15, 0.2) is 54.6 Å². The first-order chi connectivity index (χ1) is 11.9. The second-order valence-electron chi connectivity index (χ2n) is 7.28. The first-order valence-electron chi connectivity index (χ1n) is 8.95. The molecular weight excluding hydrogens is 308 g/mol. The first kappa shape index (κ1) is 19.2. The van der Waals surface area contributed by atoms with Gasteiger partial charge in [0.25, 0.3) is 0 Å². The predicted octanol–water partition coefficient (Wildman–Crippen LogP) is 3.95. The zero-order valence-corrected chi connectivity index (χ0v) is 16.0. The van der Waals surface area contributed by atoms with Gasteiger partial charge in [-0.05, 0) is 51.1 Å². The molecule has 0 aliphatic heterocycles. The third-order valence-corrected chi connectivity index (χ3v) is 4.92. The molecule has 0 saturated heterocycles. The van der Waals surface area contributed by atoms with Crippen molar-refractivity contribution in [2.24, 2.45) is 0 Å². The van der Waals surface area contributed by atoms with Crippen molar-refractivity contribution in [2.75, 3.05) is 20.6 Å². The second-order valence-corrected chi connectivity index (χ2v) is 7.28. The zero-order chi connectivity index (χ0) is 18.4. The quantitative estimate of drug-likeness (QED) is 0.829. The van der Waals surface area contributed by atoms with Crippen molar-refractivity contribution in [3.8, 4) is 0 Å². The Morgan fingerprint density at radius 3 is 2.16 bits per heavy atom. The van der Waals surface area contributed by atoms with E-state index in [1.54, 1.807) is 0 Å². The fourth-order valence-corrected chi connectivity index (χ4v) is 2.97. The molecule has 3 heteroatoms. The number of likely N-dealkylation sites (N-methyl/N-ethyl adjacent to an activating group) is 1. The van der Waals surface area contributed by atoms with Crippen LogP contribution in [0.25, 0.3) is 0 Å².